The van der Waals surface area contributed by atoms with Crippen LogP contribution in [-0.4, -0.2) is 25.9 Å². The molecule has 0 aliphatic carbocycles. The van der Waals surface area contributed by atoms with Crippen LogP contribution in [-0.2, 0) is 24.3 Å². The third kappa shape index (κ3) is 3.04. The van der Waals surface area contributed by atoms with Crippen molar-refractivity contribution in [3.05, 3.63) is 63.8 Å². The quantitative estimate of drug-likeness (QED) is 0.851. The molecule has 1 aliphatic rings. The fourth-order valence-electron chi connectivity index (χ4n) is 3.18. The fourth-order valence-corrected chi connectivity index (χ4v) is 3.18. The molecule has 2 heterocycles. The van der Waals surface area contributed by atoms with Crippen molar-refractivity contribution in [3.8, 4) is 0 Å². The molecular weight excluding hydrogens is 290 g/mol. The number of hydrogen-bond donors (Lipinski definition) is 0. The van der Waals surface area contributed by atoms with Gasteiger partial charge in [0.2, 0.25) is 5.91 Å². The van der Waals surface area contributed by atoms with Gasteiger partial charge in [0.25, 0.3) is 0 Å². The van der Waals surface area contributed by atoms with E-state index in [0.717, 1.165) is 6.42 Å². The minimum absolute atomic E-state index is 0.0251. The maximum absolute atomic E-state index is 12.8. The molecule has 0 fully saturated rings. The molecule has 1 amide bonds. The summed E-state index contributed by atoms with van der Waals surface area (Å²) in [5.41, 5.74) is 3.01. The molecule has 23 heavy (non-hydrogen) atoms. The third-order valence-corrected chi connectivity index (χ3v) is 4.43. The molecule has 1 aromatic carbocycles. The molecule has 0 unspecified atom stereocenters. The summed E-state index contributed by atoms with van der Waals surface area (Å²) in [4.78, 5) is 30.1. The number of aryl methyl sites for hydroxylation is 1. The lowest BCUT2D eigenvalue weighted by Crippen LogP contribution is -2.52. The van der Waals surface area contributed by atoms with Gasteiger partial charge in [-0.05, 0) is 44.4 Å². The summed E-state index contributed by atoms with van der Waals surface area (Å²) < 4.78 is 1.35. The number of nitrogens with zero attached hydrogens (tertiary/aromatic N) is 3. The van der Waals surface area contributed by atoms with Crippen molar-refractivity contribution in [2.75, 3.05) is 0 Å². The van der Waals surface area contributed by atoms with Gasteiger partial charge in [-0.25, -0.2) is 9.78 Å². The van der Waals surface area contributed by atoms with E-state index in [1.165, 1.54) is 27.5 Å². The second kappa shape index (κ2) is 5.65. The Morgan fingerprint density at radius 1 is 1.30 bits per heavy atom. The SMILES string of the molecule is Cc1ccc2c(c1)CN(C(=O)Cn1cccnc1=O)C(C)(C)C2. The lowest BCUT2D eigenvalue weighted by Gasteiger charge is -2.43. The van der Waals surface area contributed by atoms with E-state index in [1.54, 1.807) is 12.3 Å². The predicted molar refractivity (Wildman–Crippen MR) is 88.0 cm³/mol. The molecule has 0 radical (unpaired) electrons. The minimum atomic E-state index is -0.396. The first-order valence-corrected chi connectivity index (χ1v) is 7.77. The second-order valence-electron chi connectivity index (χ2n) is 6.77. The number of hydrogen-bond acceptors (Lipinski definition) is 3. The van der Waals surface area contributed by atoms with Crippen LogP contribution in [0.5, 0.6) is 0 Å². The average molecular weight is 311 g/mol. The van der Waals surface area contributed by atoms with Crippen LogP contribution >= 0.6 is 0 Å². The monoisotopic (exact) mass is 311 g/mol. The van der Waals surface area contributed by atoms with E-state index >= 15 is 0 Å². The van der Waals surface area contributed by atoms with Crippen LogP contribution in [0.25, 0.3) is 0 Å². The van der Waals surface area contributed by atoms with Gasteiger partial charge in [-0.3, -0.25) is 9.36 Å². The van der Waals surface area contributed by atoms with Gasteiger partial charge in [0, 0.05) is 24.5 Å². The van der Waals surface area contributed by atoms with Crippen molar-refractivity contribution in [1.82, 2.24) is 14.5 Å². The van der Waals surface area contributed by atoms with E-state index in [4.69, 9.17) is 0 Å². The molecule has 0 saturated heterocycles. The Morgan fingerprint density at radius 2 is 2.09 bits per heavy atom. The molecule has 1 aromatic heterocycles. The van der Waals surface area contributed by atoms with Gasteiger partial charge in [0.05, 0.1) is 0 Å². The van der Waals surface area contributed by atoms with E-state index in [-0.39, 0.29) is 18.0 Å². The number of carbonyl (C=O) groups excluding carboxylic acids is 1. The van der Waals surface area contributed by atoms with Gasteiger partial charge in [0.15, 0.2) is 0 Å². The zero-order valence-corrected chi connectivity index (χ0v) is 13.7. The number of rotatable bonds is 2. The van der Waals surface area contributed by atoms with Crippen LogP contribution in [0.4, 0.5) is 0 Å². The first-order valence-electron chi connectivity index (χ1n) is 7.77. The summed E-state index contributed by atoms with van der Waals surface area (Å²) in [6, 6.07) is 8.07. The Balaban J connectivity index is 1.88. The summed E-state index contributed by atoms with van der Waals surface area (Å²) in [6.07, 6.45) is 3.85. The van der Waals surface area contributed by atoms with Gasteiger partial charge < -0.3 is 4.90 Å². The van der Waals surface area contributed by atoms with Crippen LogP contribution in [0.3, 0.4) is 0 Å². The molecule has 0 bridgehead atoms. The van der Waals surface area contributed by atoms with Crippen LogP contribution < -0.4 is 5.69 Å². The van der Waals surface area contributed by atoms with Crippen molar-refractivity contribution in [3.63, 3.8) is 0 Å². The number of carbonyl (C=O) groups is 1. The van der Waals surface area contributed by atoms with E-state index in [1.807, 2.05) is 4.90 Å². The largest absolute Gasteiger partial charge is 0.347 e. The van der Waals surface area contributed by atoms with Crippen LogP contribution in [0.2, 0.25) is 0 Å². The Labute approximate surface area is 135 Å². The maximum atomic E-state index is 12.8. The Bertz CT molecular complexity index is 808. The zero-order chi connectivity index (χ0) is 16.6. The van der Waals surface area contributed by atoms with E-state index in [0.29, 0.717) is 6.54 Å². The normalized spacial score (nSPS) is 16.0. The third-order valence-electron chi connectivity index (χ3n) is 4.43. The van der Waals surface area contributed by atoms with E-state index in [2.05, 4.69) is 44.0 Å². The zero-order valence-electron chi connectivity index (χ0n) is 13.7. The van der Waals surface area contributed by atoms with Gasteiger partial charge in [-0.1, -0.05) is 23.8 Å². The second-order valence-corrected chi connectivity index (χ2v) is 6.77. The standard InChI is InChI=1S/C18H21N3O2/c1-13-5-6-14-10-18(2,3)21(11-15(14)9-13)16(22)12-20-8-4-7-19-17(20)23/h4-9H,10-12H2,1-3H3. The van der Waals surface area contributed by atoms with Crippen LogP contribution in [0, 0.1) is 6.92 Å². The average Bonchev–Trinajstić information content (AvgIpc) is 2.48. The highest BCUT2D eigenvalue weighted by molar-refractivity contribution is 5.77. The summed E-state index contributed by atoms with van der Waals surface area (Å²) >= 11 is 0. The fraction of sp³-hybridized carbons (Fsp3) is 0.389. The molecule has 0 atom stereocenters. The molecule has 2 aromatic rings. The van der Waals surface area contributed by atoms with Gasteiger partial charge in [-0.15, -0.1) is 0 Å². The molecule has 0 spiro atoms. The van der Waals surface area contributed by atoms with Gasteiger partial charge in [0.1, 0.15) is 6.54 Å². The number of aromatic nitrogens is 2. The maximum Gasteiger partial charge on any atom is 0.347 e. The highest BCUT2D eigenvalue weighted by Gasteiger charge is 2.35. The molecule has 0 N–H and O–H groups in total. The molecule has 3 rings (SSSR count). The molecule has 120 valence electrons. The van der Waals surface area contributed by atoms with Crippen LogP contribution in [0.1, 0.15) is 30.5 Å². The van der Waals surface area contributed by atoms with Gasteiger partial charge >= 0.3 is 5.69 Å². The van der Waals surface area contributed by atoms with Crippen molar-refractivity contribution in [2.24, 2.45) is 0 Å². The summed E-state index contributed by atoms with van der Waals surface area (Å²) in [5.74, 6) is -0.0581. The lowest BCUT2D eigenvalue weighted by molar-refractivity contribution is -0.138. The number of amides is 1. The molecule has 0 saturated carbocycles. The first kappa shape index (κ1) is 15.5. The van der Waals surface area contributed by atoms with Crippen molar-refractivity contribution >= 4 is 5.91 Å². The highest BCUT2D eigenvalue weighted by Crippen LogP contribution is 2.31. The van der Waals surface area contributed by atoms with Gasteiger partial charge in [-0.2, -0.15) is 0 Å². The topological polar surface area (TPSA) is 55.2 Å². The molecule has 5 nitrogen and oxygen atoms in total. The smallest absolute Gasteiger partial charge is 0.331 e. The minimum Gasteiger partial charge on any atom is -0.331 e. The number of fused-ring (bicyclic) bond motifs is 1. The van der Waals surface area contributed by atoms with E-state index in [9.17, 15) is 9.59 Å². The Hall–Kier alpha value is -2.43. The summed E-state index contributed by atoms with van der Waals surface area (Å²) in [7, 11) is 0. The van der Waals surface area contributed by atoms with Crippen LogP contribution in [0.15, 0.2) is 41.5 Å². The Morgan fingerprint density at radius 3 is 2.83 bits per heavy atom. The predicted octanol–water partition coefficient (Wildman–Crippen LogP) is 1.92. The summed E-state index contributed by atoms with van der Waals surface area (Å²) in [5, 5.41) is 0. The van der Waals surface area contributed by atoms with Crippen molar-refractivity contribution in [1.29, 1.82) is 0 Å². The van der Waals surface area contributed by atoms with E-state index < -0.39 is 5.69 Å². The Kier molecular flexibility index (Phi) is 3.80. The first-order chi connectivity index (χ1) is 10.9. The summed E-state index contributed by atoms with van der Waals surface area (Å²) in [6.45, 7) is 6.80. The lowest BCUT2D eigenvalue weighted by atomic mass is 9.85. The molecular formula is C18H21N3O2. The molecule has 1 aliphatic heterocycles. The van der Waals surface area contributed by atoms with Crippen molar-refractivity contribution in [2.45, 2.75) is 45.8 Å². The highest BCUT2D eigenvalue weighted by atomic mass is 16.2. The molecule has 5 heteroatoms. The number of benzene rings is 1. The van der Waals surface area contributed by atoms with Crippen molar-refractivity contribution < 1.29 is 4.79 Å².